The predicted molar refractivity (Wildman–Crippen MR) is 79.6 cm³/mol. The zero-order chi connectivity index (χ0) is 16.3. The summed E-state index contributed by atoms with van der Waals surface area (Å²) in [6, 6.07) is 3.97. The molecular weight excluding hydrogens is 275 g/mol. The molecule has 1 amide bonds. The van der Waals surface area contributed by atoms with Gasteiger partial charge in [0.15, 0.2) is 0 Å². The molecule has 6 heteroatoms. The molecule has 0 aliphatic rings. The van der Waals surface area contributed by atoms with Crippen molar-refractivity contribution in [2.45, 2.75) is 45.3 Å². The molecule has 0 fully saturated rings. The summed E-state index contributed by atoms with van der Waals surface area (Å²) in [5.41, 5.74) is 5.26. The average molecular weight is 298 g/mol. The van der Waals surface area contributed by atoms with Gasteiger partial charge in [0, 0.05) is 11.2 Å². The van der Waals surface area contributed by atoms with Crippen LogP contribution in [0.3, 0.4) is 0 Å². The Balaban J connectivity index is 2.94. The van der Waals surface area contributed by atoms with Crippen LogP contribution >= 0.6 is 0 Å². The number of amides is 1. The van der Waals surface area contributed by atoms with Crippen molar-refractivity contribution in [2.24, 2.45) is 5.73 Å². The molecule has 0 spiro atoms. The van der Waals surface area contributed by atoms with Crippen molar-refractivity contribution in [3.63, 3.8) is 0 Å². The third kappa shape index (κ3) is 6.10. The second-order valence-corrected chi connectivity index (χ2v) is 6.42. The van der Waals surface area contributed by atoms with Gasteiger partial charge >= 0.3 is 6.09 Å². The van der Waals surface area contributed by atoms with Crippen LogP contribution in [0.4, 0.5) is 14.9 Å². The summed E-state index contributed by atoms with van der Waals surface area (Å²) < 4.78 is 18.5. The predicted octanol–water partition coefficient (Wildman–Crippen LogP) is 2.42. The van der Waals surface area contributed by atoms with Crippen molar-refractivity contribution < 1.29 is 19.0 Å². The number of nitrogens with one attached hydrogen (secondary N) is 1. The number of carbonyl (C=O) groups is 1. The highest BCUT2D eigenvalue weighted by Crippen LogP contribution is 2.22. The minimum absolute atomic E-state index is 0.215. The van der Waals surface area contributed by atoms with Gasteiger partial charge in [-0.3, -0.25) is 5.32 Å². The summed E-state index contributed by atoms with van der Waals surface area (Å²) in [4.78, 5) is 11.8. The Morgan fingerprint density at radius 2 is 2.00 bits per heavy atom. The zero-order valence-electron chi connectivity index (χ0n) is 12.9. The monoisotopic (exact) mass is 298 g/mol. The third-order valence-electron chi connectivity index (χ3n) is 2.66. The Morgan fingerprint density at radius 3 is 2.52 bits per heavy atom. The molecular formula is C15H23FN2O3. The van der Waals surface area contributed by atoms with Crippen molar-refractivity contribution >= 4 is 11.8 Å². The maximum absolute atomic E-state index is 13.4. The largest absolute Gasteiger partial charge is 0.444 e. The van der Waals surface area contributed by atoms with Crippen LogP contribution in [0.5, 0.6) is 0 Å². The normalized spacial score (nSPS) is 14.4. The van der Waals surface area contributed by atoms with E-state index in [9.17, 15) is 14.3 Å². The number of rotatable bonds is 4. The number of hydrogen-bond acceptors (Lipinski definition) is 4. The van der Waals surface area contributed by atoms with Crippen molar-refractivity contribution in [1.29, 1.82) is 0 Å². The molecule has 0 aliphatic carbocycles. The molecule has 1 rings (SSSR count). The van der Waals surface area contributed by atoms with Crippen LogP contribution in [-0.4, -0.2) is 28.9 Å². The van der Waals surface area contributed by atoms with E-state index in [-0.39, 0.29) is 13.0 Å². The van der Waals surface area contributed by atoms with Gasteiger partial charge in [0.05, 0.1) is 6.61 Å². The number of benzene rings is 1. The number of nitrogens with two attached hydrogens (primary N) is 1. The smallest absolute Gasteiger partial charge is 0.412 e. The number of carbonyl (C=O) groups excluding carboxylic acids is 1. The summed E-state index contributed by atoms with van der Waals surface area (Å²) >= 11 is 0. The molecule has 0 saturated carbocycles. The van der Waals surface area contributed by atoms with Gasteiger partial charge in [-0.2, -0.15) is 0 Å². The maximum atomic E-state index is 13.4. The van der Waals surface area contributed by atoms with E-state index in [1.807, 2.05) is 0 Å². The van der Waals surface area contributed by atoms with Gasteiger partial charge in [-0.15, -0.1) is 0 Å². The first-order valence-corrected chi connectivity index (χ1v) is 6.70. The number of ether oxygens (including phenoxy) is 1. The molecule has 1 aromatic carbocycles. The van der Waals surface area contributed by atoms with E-state index in [1.54, 1.807) is 27.7 Å². The van der Waals surface area contributed by atoms with Crippen molar-refractivity contribution in [3.8, 4) is 0 Å². The first kappa shape index (κ1) is 17.4. The zero-order valence-corrected chi connectivity index (χ0v) is 12.9. The van der Waals surface area contributed by atoms with Crippen LogP contribution in [0, 0.1) is 5.82 Å². The number of halogens is 1. The van der Waals surface area contributed by atoms with Gasteiger partial charge in [-0.1, -0.05) is 0 Å². The maximum Gasteiger partial charge on any atom is 0.412 e. The molecule has 0 bridgehead atoms. The standard InChI is InChI=1S/C15H23FN2O3/c1-14(2,3)21-13(20)18-12-6-5-11(16)7-10(12)8-15(4,17)9-19/h5-7,19H,8-9,17H2,1-4H3,(H,18,20). The molecule has 5 nitrogen and oxygen atoms in total. The molecule has 21 heavy (non-hydrogen) atoms. The lowest BCUT2D eigenvalue weighted by atomic mass is 9.94. The van der Waals surface area contributed by atoms with Gasteiger partial charge in [-0.25, -0.2) is 9.18 Å². The topological polar surface area (TPSA) is 84.6 Å². The lowest BCUT2D eigenvalue weighted by Crippen LogP contribution is -2.42. The van der Waals surface area contributed by atoms with Crippen LogP contribution < -0.4 is 11.1 Å². The average Bonchev–Trinajstić information content (AvgIpc) is 2.30. The van der Waals surface area contributed by atoms with Gasteiger partial charge in [0.1, 0.15) is 11.4 Å². The fourth-order valence-corrected chi connectivity index (χ4v) is 1.74. The van der Waals surface area contributed by atoms with E-state index < -0.39 is 23.1 Å². The summed E-state index contributed by atoms with van der Waals surface area (Å²) in [5.74, 6) is -0.437. The summed E-state index contributed by atoms with van der Waals surface area (Å²) in [6.07, 6.45) is -0.412. The lowest BCUT2D eigenvalue weighted by Gasteiger charge is -2.24. The number of hydrogen-bond donors (Lipinski definition) is 3. The Kier molecular flexibility index (Phi) is 5.31. The van der Waals surface area contributed by atoms with E-state index in [0.717, 1.165) is 0 Å². The molecule has 1 unspecified atom stereocenters. The van der Waals surface area contributed by atoms with E-state index in [4.69, 9.17) is 10.5 Å². The Morgan fingerprint density at radius 1 is 1.38 bits per heavy atom. The molecule has 1 atom stereocenters. The molecule has 0 saturated heterocycles. The number of aliphatic hydroxyl groups excluding tert-OH is 1. The summed E-state index contributed by atoms with van der Waals surface area (Å²) in [6.45, 7) is 6.65. The fourth-order valence-electron chi connectivity index (χ4n) is 1.74. The van der Waals surface area contributed by atoms with Gasteiger partial charge < -0.3 is 15.6 Å². The van der Waals surface area contributed by atoms with E-state index >= 15 is 0 Å². The summed E-state index contributed by atoms with van der Waals surface area (Å²) in [5, 5.41) is 11.8. The molecule has 0 radical (unpaired) electrons. The van der Waals surface area contributed by atoms with Gasteiger partial charge in [-0.05, 0) is 57.9 Å². The Bertz CT molecular complexity index is 510. The molecule has 118 valence electrons. The second-order valence-electron chi connectivity index (χ2n) is 6.42. The Hall–Kier alpha value is -1.66. The van der Waals surface area contributed by atoms with E-state index in [2.05, 4.69) is 5.32 Å². The summed E-state index contributed by atoms with van der Waals surface area (Å²) in [7, 11) is 0. The number of anilines is 1. The quantitative estimate of drug-likeness (QED) is 0.797. The molecule has 4 N–H and O–H groups in total. The van der Waals surface area contributed by atoms with Crippen LogP contribution in [0.1, 0.15) is 33.3 Å². The van der Waals surface area contributed by atoms with Crippen LogP contribution in [-0.2, 0) is 11.2 Å². The van der Waals surface area contributed by atoms with E-state index in [1.165, 1.54) is 18.2 Å². The van der Waals surface area contributed by atoms with Gasteiger partial charge in [0.25, 0.3) is 0 Å². The highest BCUT2D eigenvalue weighted by atomic mass is 19.1. The fraction of sp³-hybridized carbons (Fsp3) is 0.533. The molecule has 0 aliphatic heterocycles. The minimum Gasteiger partial charge on any atom is -0.444 e. The number of aliphatic hydroxyl groups is 1. The minimum atomic E-state index is -0.905. The van der Waals surface area contributed by atoms with Crippen molar-refractivity contribution in [1.82, 2.24) is 0 Å². The first-order valence-electron chi connectivity index (χ1n) is 6.70. The van der Waals surface area contributed by atoms with Crippen LogP contribution in [0.2, 0.25) is 0 Å². The highest BCUT2D eigenvalue weighted by Gasteiger charge is 2.22. The van der Waals surface area contributed by atoms with E-state index in [0.29, 0.717) is 11.3 Å². The molecule has 0 heterocycles. The second kappa shape index (κ2) is 6.41. The van der Waals surface area contributed by atoms with Crippen molar-refractivity contribution in [2.75, 3.05) is 11.9 Å². The SMILES string of the molecule is CC(N)(CO)Cc1cc(F)ccc1NC(=O)OC(C)(C)C. The van der Waals surface area contributed by atoms with Crippen LogP contribution in [0.15, 0.2) is 18.2 Å². The molecule has 1 aromatic rings. The third-order valence-corrected chi connectivity index (χ3v) is 2.66. The van der Waals surface area contributed by atoms with Crippen molar-refractivity contribution in [3.05, 3.63) is 29.6 Å². The first-order chi connectivity index (χ1) is 9.52. The van der Waals surface area contributed by atoms with Crippen LogP contribution in [0.25, 0.3) is 0 Å². The molecule has 0 aromatic heterocycles. The highest BCUT2D eigenvalue weighted by molar-refractivity contribution is 5.86. The lowest BCUT2D eigenvalue weighted by molar-refractivity contribution is 0.0635. The van der Waals surface area contributed by atoms with Gasteiger partial charge in [0.2, 0.25) is 0 Å². The Labute approximate surface area is 124 Å².